The van der Waals surface area contributed by atoms with Crippen LogP contribution < -0.4 is 26.2 Å². The number of aromatic amines is 1. The third-order valence-corrected chi connectivity index (χ3v) is 5.27. The summed E-state index contributed by atoms with van der Waals surface area (Å²) < 4.78 is 5.99. The quantitative estimate of drug-likeness (QED) is 0.585. The van der Waals surface area contributed by atoms with Crippen LogP contribution in [-0.2, 0) is 0 Å². The highest BCUT2D eigenvalue weighted by atomic mass is 16.5. The van der Waals surface area contributed by atoms with Gasteiger partial charge in [-0.25, -0.2) is 19.3 Å². The van der Waals surface area contributed by atoms with E-state index in [2.05, 4.69) is 37.1 Å². The fraction of sp³-hybridized carbons (Fsp3) is 0.286. The molecule has 0 bridgehead atoms. The Kier molecular flexibility index (Phi) is 5.99. The maximum absolute atomic E-state index is 12.9. The van der Waals surface area contributed by atoms with Gasteiger partial charge >= 0.3 is 5.69 Å². The Balaban J connectivity index is 1.58. The smallest absolute Gasteiger partial charge is 0.333 e. The number of nitrogens with zero attached hydrogens (tertiary/aromatic N) is 5. The maximum Gasteiger partial charge on any atom is 0.333 e. The average Bonchev–Trinajstić information content (AvgIpc) is 2.80. The lowest BCUT2D eigenvalue weighted by atomic mass is 10.2. The third kappa shape index (κ3) is 4.37. The molecule has 1 fully saturated rings. The molecule has 0 aliphatic carbocycles. The Bertz CT molecular complexity index is 1230. The number of amides is 1. The lowest BCUT2D eigenvalue weighted by Gasteiger charge is -2.33. The molecule has 11 nitrogen and oxygen atoms in total. The molecule has 1 amide bonds. The molecule has 3 aromatic rings. The molecule has 3 heterocycles. The van der Waals surface area contributed by atoms with Crippen molar-refractivity contribution in [2.75, 3.05) is 50.6 Å². The van der Waals surface area contributed by atoms with Crippen LogP contribution in [0, 0.1) is 0 Å². The maximum atomic E-state index is 12.9. The number of anilines is 2. The van der Waals surface area contributed by atoms with Gasteiger partial charge in [-0.3, -0.25) is 9.59 Å². The standard InChI is InChI=1S/C21H23N7O4/c1-26-7-9-27(10-8-26)18-11-17(23-13-24-18)25-19(29)16-12-22-21(31)28(20(16)30)14-3-5-15(32-2)6-4-14/h3-6,11-13H,7-10H2,1-2H3,(H,22,31)(H,23,24,25,29). The van der Waals surface area contributed by atoms with Gasteiger partial charge < -0.3 is 24.8 Å². The van der Waals surface area contributed by atoms with Crippen LogP contribution in [0.1, 0.15) is 10.4 Å². The molecule has 32 heavy (non-hydrogen) atoms. The van der Waals surface area contributed by atoms with Crippen LogP contribution in [0.5, 0.6) is 5.75 Å². The summed E-state index contributed by atoms with van der Waals surface area (Å²) in [5.41, 5.74) is -1.31. The van der Waals surface area contributed by atoms with Gasteiger partial charge in [-0.05, 0) is 31.3 Å². The van der Waals surface area contributed by atoms with E-state index in [0.29, 0.717) is 17.3 Å². The first-order chi connectivity index (χ1) is 15.5. The predicted octanol–water partition coefficient (Wildman–Crippen LogP) is 0.329. The first kappa shape index (κ1) is 21.2. The number of hydrogen-bond acceptors (Lipinski definition) is 8. The summed E-state index contributed by atoms with van der Waals surface area (Å²) >= 11 is 0. The molecule has 166 valence electrons. The zero-order valence-electron chi connectivity index (χ0n) is 17.7. The number of H-pyrrole nitrogens is 1. The molecule has 2 aromatic heterocycles. The molecular weight excluding hydrogens is 414 g/mol. The molecule has 11 heteroatoms. The van der Waals surface area contributed by atoms with Gasteiger partial charge in [-0.15, -0.1) is 0 Å². The molecular formula is C21H23N7O4. The Labute approximate surface area is 183 Å². The summed E-state index contributed by atoms with van der Waals surface area (Å²) in [6.07, 6.45) is 2.47. The van der Waals surface area contributed by atoms with E-state index in [1.54, 1.807) is 30.3 Å². The molecule has 1 aromatic carbocycles. The van der Waals surface area contributed by atoms with E-state index in [4.69, 9.17) is 4.74 Å². The number of piperazine rings is 1. The minimum Gasteiger partial charge on any atom is -0.497 e. The Morgan fingerprint density at radius 3 is 2.50 bits per heavy atom. The van der Waals surface area contributed by atoms with Crippen molar-refractivity contribution >= 4 is 17.5 Å². The van der Waals surface area contributed by atoms with E-state index in [-0.39, 0.29) is 11.4 Å². The monoisotopic (exact) mass is 437 g/mol. The normalized spacial score (nSPS) is 14.2. The van der Waals surface area contributed by atoms with Crippen molar-refractivity contribution in [2.45, 2.75) is 0 Å². The number of benzene rings is 1. The summed E-state index contributed by atoms with van der Waals surface area (Å²) in [5, 5.41) is 2.62. The summed E-state index contributed by atoms with van der Waals surface area (Å²) in [5.74, 6) is 0.851. The van der Waals surface area contributed by atoms with Crippen LogP contribution in [0.4, 0.5) is 11.6 Å². The highest BCUT2D eigenvalue weighted by Gasteiger charge is 2.19. The van der Waals surface area contributed by atoms with Gasteiger partial charge in [0.05, 0.1) is 12.8 Å². The molecule has 0 atom stereocenters. The topological polar surface area (TPSA) is 125 Å². The van der Waals surface area contributed by atoms with E-state index in [1.165, 1.54) is 13.4 Å². The second kappa shape index (κ2) is 9.02. The molecule has 0 spiro atoms. The average molecular weight is 437 g/mol. The molecule has 1 aliphatic heterocycles. The highest BCUT2D eigenvalue weighted by Crippen LogP contribution is 2.16. The van der Waals surface area contributed by atoms with Crippen LogP contribution in [0.25, 0.3) is 5.69 Å². The van der Waals surface area contributed by atoms with Crippen molar-refractivity contribution in [1.29, 1.82) is 0 Å². The number of carbonyl (C=O) groups is 1. The van der Waals surface area contributed by atoms with Crippen LogP contribution in [0.15, 0.2) is 52.4 Å². The second-order valence-corrected chi connectivity index (χ2v) is 7.35. The number of hydrogen-bond donors (Lipinski definition) is 2. The van der Waals surface area contributed by atoms with Gasteiger partial charge in [-0.1, -0.05) is 0 Å². The van der Waals surface area contributed by atoms with Crippen LogP contribution in [-0.4, -0.2) is 70.7 Å². The number of nitrogens with one attached hydrogen (secondary N) is 2. The number of aromatic nitrogens is 4. The summed E-state index contributed by atoms with van der Waals surface area (Å²) in [7, 11) is 3.58. The lowest BCUT2D eigenvalue weighted by molar-refractivity contribution is 0.102. The van der Waals surface area contributed by atoms with Gasteiger partial charge in [0, 0.05) is 38.4 Å². The second-order valence-electron chi connectivity index (χ2n) is 7.35. The van der Waals surface area contributed by atoms with E-state index >= 15 is 0 Å². The first-order valence-corrected chi connectivity index (χ1v) is 10.0. The Morgan fingerprint density at radius 1 is 1.09 bits per heavy atom. The van der Waals surface area contributed by atoms with E-state index in [9.17, 15) is 14.4 Å². The van der Waals surface area contributed by atoms with Crippen LogP contribution in [0.2, 0.25) is 0 Å². The van der Waals surface area contributed by atoms with Gasteiger partial charge in [0.25, 0.3) is 11.5 Å². The van der Waals surface area contributed by atoms with Crippen molar-refractivity contribution in [3.05, 3.63) is 69.3 Å². The predicted molar refractivity (Wildman–Crippen MR) is 119 cm³/mol. The summed E-state index contributed by atoms with van der Waals surface area (Å²) in [6.45, 7) is 3.45. The Morgan fingerprint density at radius 2 is 1.81 bits per heavy atom. The number of carbonyl (C=O) groups excluding carboxylic acids is 1. The van der Waals surface area contributed by atoms with Crippen molar-refractivity contribution in [3.63, 3.8) is 0 Å². The molecule has 2 N–H and O–H groups in total. The summed E-state index contributed by atoms with van der Waals surface area (Å²) in [6, 6.07) is 8.02. The molecule has 0 radical (unpaired) electrons. The summed E-state index contributed by atoms with van der Waals surface area (Å²) in [4.78, 5) is 53.2. The molecule has 1 aliphatic rings. The molecule has 4 rings (SSSR count). The van der Waals surface area contributed by atoms with Crippen LogP contribution in [0.3, 0.4) is 0 Å². The van der Waals surface area contributed by atoms with Crippen molar-refractivity contribution in [2.24, 2.45) is 0 Å². The lowest BCUT2D eigenvalue weighted by Crippen LogP contribution is -2.44. The van der Waals surface area contributed by atoms with Crippen molar-refractivity contribution < 1.29 is 9.53 Å². The highest BCUT2D eigenvalue weighted by molar-refractivity contribution is 6.03. The number of methoxy groups -OCH3 is 1. The number of rotatable bonds is 5. The fourth-order valence-electron chi connectivity index (χ4n) is 3.41. The van der Waals surface area contributed by atoms with Crippen molar-refractivity contribution in [3.8, 4) is 11.4 Å². The third-order valence-electron chi connectivity index (χ3n) is 5.27. The number of ether oxygens (including phenoxy) is 1. The van der Waals surface area contributed by atoms with Crippen molar-refractivity contribution in [1.82, 2.24) is 24.4 Å². The SMILES string of the molecule is COc1ccc(-n2c(=O)[nH]cc(C(=O)Nc3cc(N4CCN(C)CC4)ncn3)c2=O)cc1. The van der Waals surface area contributed by atoms with Gasteiger partial charge in [-0.2, -0.15) is 0 Å². The Hall–Kier alpha value is -3.99. The fourth-order valence-corrected chi connectivity index (χ4v) is 3.41. The van der Waals surface area contributed by atoms with Gasteiger partial charge in [0.15, 0.2) is 0 Å². The van der Waals surface area contributed by atoms with E-state index in [1.807, 2.05) is 0 Å². The van der Waals surface area contributed by atoms with E-state index in [0.717, 1.165) is 36.9 Å². The zero-order chi connectivity index (χ0) is 22.7. The van der Waals surface area contributed by atoms with Crippen LogP contribution >= 0.6 is 0 Å². The molecule has 1 saturated heterocycles. The first-order valence-electron chi connectivity index (χ1n) is 10.0. The van der Waals surface area contributed by atoms with E-state index < -0.39 is 17.2 Å². The molecule has 0 unspecified atom stereocenters. The minimum atomic E-state index is -0.746. The molecule has 0 saturated carbocycles. The number of likely N-dealkylation sites (N-methyl/N-ethyl adjacent to an activating group) is 1. The van der Waals surface area contributed by atoms with Gasteiger partial charge in [0.1, 0.15) is 29.3 Å². The minimum absolute atomic E-state index is 0.222. The zero-order valence-corrected chi connectivity index (χ0v) is 17.7. The van der Waals surface area contributed by atoms with Gasteiger partial charge in [0.2, 0.25) is 0 Å². The largest absolute Gasteiger partial charge is 0.497 e.